The minimum atomic E-state index is -0.398. The maximum Gasteiger partial charge on any atom is 0.267 e. The molecule has 2 aromatic heterocycles. The van der Waals surface area contributed by atoms with E-state index in [1.54, 1.807) is 24.3 Å². The number of carbonyl (C=O) groups is 2. The number of benzene rings is 2. The molecule has 0 radical (unpaired) electrons. The van der Waals surface area contributed by atoms with Gasteiger partial charge in [0.2, 0.25) is 0 Å². The average molecular weight is 442 g/mol. The van der Waals surface area contributed by atoms with Crippen LogP contribution in [0.15, 0.2) is 67.0 Å². The van der Waals surface area contributed by atoms with E-state index in [0.29, 0.717) is 20.6 Å². The number of hydrogen-bond acceptors (Lipinski definition) is 4. The van der Waals surface area contributed by atoms with Gasteiger partial charge in [-0.1, -0.05) is 41.4 Å². The van der Waals surface area contributed by atoms with E-state index in [-0.39, 0.29) is 17.2 Å². The number of aromatic nitrogens is 1. The molecule has 5 nitrogen and oxygen atoms in total. The molecule has 2 aromatic carbocycles. The van der Waals surface area contributed by atoms with Crippen molar-refractivity contribution in [2.75, 3.05) is 10.6 Å². The number of thiophene rings is 1. The summed E-state index contributed by atoms with van der Waals surface area (Å²) in [6.45, 7) is 0. The SMILES string of the molecule is O=C(Nc1ccc(Cl)cc1)c1ccncc1NC(=O)c1sc2ccccc2c1Cl. The van der Waals surface area contributed by atoms with E-state index in [0.717, 1.165) is 10.1 Å². The predicted octanol–water partition coefficient (Wildman–Crippen LogP) is 6.11. The number of carbonyl (C=O) groups excluding carboxylic acids is 2. The van der Waals surface area contributed by atoms with Crippen molar-refractivity contribution in [3.8, 4) is 0 Å². The largest absolute Gasteiger partial charge is 0.322 e. The van der Waals surface area contributed by atoms with Gasteiger partial charge in [-0.05, 0) is 36.4 Å². The summed E-state index contributed by atoms with van der Waals surface area (Å²) in [6.07, 6.45) is 2.91. The van der Waals surface area contributed by atoms with Crippen LogP contribution in [0.4, 0.5) is 11.4 Å². The topological polar surface area (TPSA) is 71.1 Å². The minimum absolute atomic E-state index is 0.278. The van der Waals surface area contributed by atoms with Crippen LogP contribution in [-0.4, -0.2) is 16.8 Å². The molecule has 2 N–H and O–H groups in total. The van der Waals surface area contributed by atoms with Crippen molar-refractivity contribution in [3.63, 3.8) is 0 Å². The van der Waals surface area contributed by atoms with E-state index < -0.39 is 5.91 Å². The van der Waals surface area contributed by atoms with Gasteiger partial charge in [0.15, 0.2) is 0 Å². The Kier molecular flexibility index (Phi) is 5.49. The molecule has 0 aliphatic carbocycles. The second-order valence-electron chi connectivity index (χ2n) is 6.08. The molecule has 0 saturated carbocycles. The Morgan fingerprint density at radius 1 is 0.897 bits per heavy atom. The lowest BCUT2D eigenvalue weighted by Crippen LogP contribution is -2.18. The Morgan fingerprint density at radius 2 is 1.66 bits per heavy atom. The lowest BCUT2D eigenvalue weighted by Gasteiger charge is -2.11. The summed E-state index contributed by atoms with van der Waals surface area (Å²) in [5.41, 5.74) is 1.15. The van der Waals surface area contributed by atoms with Gasteiger partial charge in [0.1, 0.15) is 4.88 Å². The molecular formula is C21H13Cl2N3O2S. The average Bonchev–Trinajstić information content (AvgIpc) is 3.07. The molecule has 2 amide bonds. The summed E-state index contributed by atoms with van der Waals surface area (Å²) in [5.74, 6) is -0.780. The number of hydrogen-bond donors (Lipinski definition) is 2. The van der Waals surface area contributed by atoms with E-state index >= 15 is 0 Å². The Bertz CT molecular complexity index is 1220. The molecule has 0 atom stereocenters. The molecule has 0 saturated heterocycles. The first kappa shape index (κ1) is 19.4. The van der Waals surface area contributed by atoms with Crippen LogP contribution < -0.4 is 10.6 Å². The molecule has 8 heteroatoms. The van der Waals surface area contributed by atoms with E-state index in [1.807, 2.05) is 24.3 Å². The van der Waals surface area contributed by atoms with Crippen LogP contribution in [0.3, 0.4) is 0 Å². The first-order valence-corrected chi connectivity index (χ1v) is 10.1. The number of rotatable bonds is 4. The second kappa shape index (κ2) is 8.21. The fourth-order valence-corrected chi connectivity index (χ4v) is 4.30. The van der Waals surface area contributed by atoms with Gasteiger partial charge in [0.05, 0.1) is 22.5 Å². The van der Waals surface area contributed by atoms with Crippen molar-refractivity contribution in [1.82, 2.24) is 4.98 Å². The van der Waals surface area contributed by atoms with Gasteiger partial charge in [-0.2, -0.15) is 0 Å². The van der Waals surface area contributed by atoms with Crippen LogP contribution in [0, 0.1) is 0 Å². The van der Waals surface area contributed by atoms with Crippen molar-refractivity contribution in [1.29, 1.82) is 0 Å². The van der Waals surface area contributed by atoms with Crippen LogP contribution in [0.5, 0.6) is 0 Å². The molecule has 29 heavy (non-hydrogen) atoms. The van der Waals surface area contributed by atoms with Gasteiger partial charge < -0.3 is 10.6 Å². The zero-order valence-electron chi connectivity index (χ0n) is 14.8. The summed E-state index contributed by atoms with van der Waals surface area (Å²) >= 11 is 13.5. The number of anilines is 2. The number of pyridine rings is 1. The molecule has 4 aromatic rings. The van der Waals surface area contributed by atoms with Gasteiger partial charge in [0.25, 0.3) is 11.8 Å². The molecule has 4 rings (SSSR count). The third-order valence-corrected chi connectivity index (χ3v) is 6.08. The van der Waals surface area contributed by atoms with Crippen molar-refractivity contribution < 1.29 is 9.59 Å². The smallest absolute Gasteiger partial charge is 0.267 e. The predicted molar refractivity (Wildman–Crippen MR) is 118 cm³/mol. The van der Waals surface area contributed by atoms with E-state index in [1.165, 1.54) is 29.8 Å². The van der Waals surface area contributed by atoms with Gasteiger partial charge >= 0.3 is 0 Å². The summed E-state index contributed by atoms with van der Waals surface area (Å²) in [7, 11) is 0. The van der Waals surface area contributed by atoms with E-state index in [9.17, 15) is 9.59 Å². The quantitative estimate of drug-likeness (QED) is 0.401. The molecular weight excluding hydrogens is 429 g/mol. The Hall–Kier alpha value is -2.93. The van der Waals surface area contributed by atoms with Crippen molar-refractivity contribution in [2.45, 2.75) is 0 Å². The minimum Gasteiger partial charge on any atom is -0.322 e. The molecule has 0 aliphatic heterocycles. The number of halogens is 2. The third kappa shape index (κ3) is 4.10. The standard InChI is InChI=1S/C21H13Cl2N3O2S/c22-12-5-7-13(8-6-12)25-20(27)14-9-10-24-11-16(14)26-21(28)19-18(23)15-3-1-2-4-17(15)29-19/h1-11H,(H,25,27)(H,26,28). The summed E-state index contributed by atoms with van der Waals surface area (Å²) in [6, 6.07) is 15.8. The highest BCUT2D eigenvalue weighted by molar-refractivity contribution is 7.21. The van der Waals surface area contributed by atoms with Gasteiger partial charge in [-0.25, -0.2) is 0 Å². The lowest BCUT2D eigenvalue weighted by molar-refractivity contribution is 0.102. The summed E-state index contributed by atoms with van der Waals surface area (Å²) in [4.78, 5) is 29.9. The molecule has 0 spiro atoms. The first-order chi connectivity index (χ1) is 14.0. The molecule has 0 fully saturated rings. The fraction of sp³-hybridized carbons (Fsp3) is 0. The Balaban J connectivity index is 1.59. The molecule has 144 valence electrons. The van der Waals surface area contributed by atoms with E-state index in [2.05, 4.69) is 15.6 Å². The highest BCUT2D eigenvalue weighted by Crippen LogP contribution is 2.35. The maximum absolute atomic E-state index is 12.8. The molecule has 0 unspecified atom stereocenters. The number of amides is 2. The van der Waals surface area contributed by atoms with Crippen molar-refractivity contribution in [3.05, 3.63) is 87.5 Å². The van der Waals surface area contributed by atoms with Crippen LogP contribution in [-0.2, 0) is 0 Å². The van der Waals surface area contributed by atoms with E-state index in [4.69, 9.17) is 23.2 Å². The monoisotopic (exact) mass is 441 g/mol. The van der Waals surface area contributed by atoms with Gasteiger partial charge in [0, 0.05) is 27.0 Å². The zero-order valence-corrected chi connectivity index (χ0v) is 17.1. The highest BCUT2D eigenvalue weighted by atomic mass is 35.5. The van der Waals surface area contributed by atoms with Crippen LogP contribution in [0.25, 0.3) is 10.1 Å². The Labute approximate surface area is 180 Å². The number of fused-ring (bicyclic) bond motifs is 1. The van der Waals surface area contributed by atoms with Gasteiger partial charge in [-0.3, -0.25) is 14.6 Å². The number of nitrogens with zero attached hydrogens (tertiary/aromatic N) is 1. The second-order valence-corrected chi connectivity index (χ2v) is 7.94. The molecule has 2 heterocycles. The van der Waals surface area contributed by atoms with Crippen molar-refractivity contribution >= 4 is 67.8 Å². The zero-order chi connectivity index (χ0) is 20.4. The normalized spacial score (nSPS) is 10.7. The summed E-state index contributed by atoms with van der Waals surface area (Å²) in [5, 5.41) is 7.29. The molecule has 0 aliphatic rings. The van der Waals surface area contributed by atoms with Gasteiger partial charge in [-0.15, -0.1) is 11.3 Å². The number of nitrogens with one attached hydrogen (secondary N) is 2. The highest BCUT2D eigenvalue weighted by Gasteiger charge is 2.20. The Morgan fingerprint density at radius 3 is 2.41 bits per heavy atom. The fourth-order valence-electron chi connectivity index (χ4n) is 2.76. The van der Waals surface area contributed by atoms with Crippen molar-refractivity contribution in [2.24, 2.45) is 0 Å². The maximum atomic E-state index is 12.8. The third-order valence-electron chi connectivity index (χ3n) is 4.16. The van der Waals surface area contributed by atoms with Crippen LogP contribution in [0.2, 0.25) is 10.0 Å². The lowest BCUT2D eigenvalue weighted by atomic mass is 10.2. The van der Waals surface area contributed by atoms with Crippen LogP contribution in [0.1, 0.15) is 20.0 Å². The first-order valence-electron chi connectivity index (χ1n) is 8.52. The molecule has 0 bridgehead atoms. The van der Waals surface area contributed by atoms with Crippen LogP contribution >= 0.6 is 34.5 Å². The summed E-state index contributed by atoms with van der Waals surface area (Å²) < 4.78 is 0.912.